The van der Waals surface area contributed by atoms with Crippen molar-refractivity contribution in [3.05, 3.63) is 264 Å². The van der Waals surface area contributed by atoms with Gasteiger partial charge in [-0.15, -0.1) is 0 Å². The van der Waals surface area contributed by atoms with E-state index in [1.165, 1.54) is 105 Å². The predicted octanol–water partition coefficient (Wildman–Crippen LogP) is 15.6. The summed E-state index contributed by atoms with van der Waals surface area (Å²) in [5, 5.41) is 5.05. The van der Waals surface area contributed by atoms with Gasteiger partial charge in [0.05, 0.1) is 11.0 Å². The zero-order valence-electron chi connectivity index (χ0n) is 33.6. The number of fused-ring (bicyclic) bond motifs is 6. The Morgan fingerprint density at radius 1 is 0.393 bits per heavy atom. The highest BCUT2D eigenvalue weighted by molar-refractivity contribution is 6.10. The molecule has 0 N–H and O–H groups in total. The molecule has 2 atom stereocenters. The molecule has 2 aliphatic carbocycles. The van der Waals surface area contributed by atoms with Crippen LogP contribution in [0.4, 0.5) is 0 Å². The van der Waals surface area contributed by atoms with Gasteiger partial charge in [0.25, 0.3) is 0 Å². The Bertz CT molecular complexity index is 3410. The quantitative estimate of drug-likeness (QED) is 0.159. The van der Waals surface area contributed by atoms with E-state index >= 15 is 0 Å². The molecule has 0 saturated heterocycles. The van der Waals surface area contributed by atoms with Gasteiger partial charge in [-0.1, -0.05) is 200 Å². The SMILES string of the molecule is C1=CC2=C(c3cccc(-c4ccc5ccccc5c4-c4ccccc4)c3)c3ccccc3C(c3cccc(-c4ccc5c(c4)c4ccccc4n5-c4ccccc4)c3)C2C=C1. The van der Waals surface area contributed by atoms with Crippen molar-refractivity contribution in [1.29, 1.82) is 0 Å². The van der Waals surface area contributed by atoms with Crippen molar-refractivity contribution in [1.82, 2.24) is 4.57 Å². The van der Waals surface area contributed by atoms with Crippen LogP contribution in [-0.2, 0) is 0 Å². The average Bonchev–Trinajstić information content (AvgIpc) is 3.67. The molecule has 9 aromatic carbocycles. The topological polar surface area (TPSA) is 4.93 Å². The first-order chi connectivity index (χ1) is 30.3. The van der Waals surface area contributed by atoms with Gasteiger partial charge >= 0.3 is 0 Å². The highest BCUT2D eigenvalue weighted by Gasteiger charge is 2.35. The Morgan fingerprint density at radius 2 is 1.08 bits per heavy atom. The van der Waals surface area contributed by atoms with Crippen LogP contribution in [0.1, 0.15) is 28.2 Å². The molecule has 10 aromatic rings. The summed E-state index contributed by atoms with van der Waals surface area (Å²) >= 11 is 0. The number of benzene rings is 9. The lowest BCUT2D eigenvalue weighted by atomic mass is 9.66. The third-order valence-electron chi connectivity index (χ3n) is 13.0. The molecule has 0 radical (unpaired) electrons. The first kappa shape index (κ1) is 35.2. The standard InChI is InChI=1S/C60H41N/c1-3-18-41(19-4-1)58-48-26-8-7-17-40(48)33-35-49(58)44-21-16-23-46(38-44)60-53-30-11-9-28-51(53)59(52-29-10-12-31-54(52)60)45-22-15-20-42(37-45)43-34-36-57-55(39-43)50-27-13-14-32-56(50)61(57)47-24-5-2-6-25-47/h1-39,51,59H. The van der Waals surface area contributed by atoms with Gasteiger partial charge in [0.2, 0.25) is 0 Å². The zero-order chi connectivity index (χ0) is 40.3. The highest BCUT2D eigenvalue weighted by atomic mass is 15.0. The van der Waals surface area contributed by atoms with E-state index in [1.54, 1.807) is 0 Å². The van der Waals surface area contributed by atoms with E-state index in [0.717, 1.165) is 0 Å². The highest BCUT2D eigenvalue weighted by Crippen LogP contribution is 2.51. The molecule has 2 unspecified atom stereocenters. The Balaban J connectivity index is 0.977. The molecule has 0 spiro atoms. The van der Waals surface area contributed by atoms with Gasteiger partial charge in [0.1, 0.15) is 0 Å². The third-order valence-corrected chi connectivity index (χ3v) is 13.0. The summed E-state index contributed by atoms with van der Waals surface area (Å²) in [7, 11) is 0. The molecular formula is C60H41N. The van der Waals surface area contributed by atoms with Crippen LogP contribution in [0.3, 0.4) is 0 Å². The Labute approximate surface area is 356 Å². The van der Waals surface area contributed by atoms with Crippen LogP contribution in [0.15, 0.2) is 242 Å². The molecule has 1 aromatic heterocycles. The molecule has 0 saturated carbocycles. The van der Waals surface area contributed by atoms with Crippen LogP contribution in [0.25, 0.3) is 77.2 Å². The van der Waals surface area contributed by atoms with Crippen molar-refractivity contribution in [3.63, 3.8) is 0 Å². The van der Waals surface area contributed by atoms with Gasteiger partial charge in [0, 0.05) is 28.3 Å². The molecule has 0 bridgehead atoms. The van der Waals surface area contributed by atoms with Crippen LogP contribution < -0.4 is 0 Å². The van der Waals surface area contributed by atoms with Crippen LogP contribution in [0, 0.1) is 5.92 Å². The summed E-state index contributed by atoms with van der Waals surface area (Å²) in [4.78, 5) is 0. The Kier molecular flexibility index (Phi) is 8.38. The van der Waals surface area contributed by atoms with Crippen LogP contribution >= 0.6 is 0 Å². The number of para-hydroxylation sites is 2. The molecule has 2 aliphatic rings. The fraction of sp³-hybridized carbons (Fsp3) is 0.0333. The molecule has 1 heteroatoms. The first-order valence-corrected chi connectivity index (χ1v) is 21.3. The Morgan fingerprint density at radius 3 is 1.98 bits per heavy atom. The maximum absolute atomic E-state index is 2.44. The van der Waals surface area contributed by atoms with Crippen molar-refractivity contribution in [2.24, 2.45) is 5.92 Å². The van der Waals surface area contributed by atoms with Crippen molar-refractivity contribution in [2.45, 2.75) is 5.92 Å². The maximum Gasteiger partial charge on any atom is 0.0541 e. The fourth-order valence-electron chi connectivity index (χ4n) is 10.3. The number of hydrogen-bond acceptors (Lipinski definition) is 0. The number of allylic oxidation sites excluding steroid dienone is 5. The van der Waals surface area contributed by atoms with E-state index in [2.05, 4.69) is 241 Å². The minimum atomic E-state index is 0.160. The predicted molar refractivity (Wildman–Crippen MR) is 257 cm³/mol. The van der Waals surface area contributed by atoms with Gasteiger partial charge in [-0.25, -0.2) is 0 Å². The van der Waals surface area contributed by atoms with E-state index in [1.807, 2.05) is 0 Å². The van der Waals surface area contributed by atoms with Crippen LogP contribution in [-0.4, -0.2) is 4.57 Å². The number of aromatic nitrogens is 1. The van der Waals surface area contributed by atoms with Gasteiger partial charge in [-0.3, -0.25) is 0 Å². The number of nitrogens with zero attached hydrogens (tertiary/aromatic N) is 1. The van der Waals surface area contributed by atoms with E-state index in [9.17, 15) is 0 Å². The molecule has 12 rings (SSSR count). The second-order valence-electron chi connectivity index (χ2n) is 16.4. The van der Waals surface area contributed by atoms with E-state index in [4.69, 9.17) is 0 Å². The summed E-state index contributed by atoms with van der Waals surface area (Å²) in [6.07, 6.45) is 9.24. The zero-order valence-corrected chi connectivity index (χ0v) is 33.6. The van der Waals surface area contributed by atoms with Crippen molar-refractivity contribution in [3.8, 4) is 39.1 Å². The third kappa shape index (κ3) is 5.85. The second kappa shape index (κ2) is 14.5. The van der Waals surface area contributed by atoms with Gasteiger partial charge in [-0.05, 0) is 114 Å². The van der Waals surface area contributed by atoms with Crippen molar-refractivity contribution in [2.75, 3.05) is 0 Å². The molecule has 0 amide bonds. The average molecular weight is 776 g/mol. The summed E-state index contributed by atoms with van der Waals surface area (Å²) in [5.74, 6) is 0.342. The van der Waals surface area contributed by atoms with E-state index in [-0.39, 0.29) is 11.8 Å². The van der Waals surface area contributed by atoms with Crippen molar-refractivity contribution >= 4 is 38.2 Å². The molecule has 0 aliphatic heterocycles. The number of rotatable bonds is 6. The first-order valence-electron chi connectivity index (χ1n) is 21.3. The largest absolute Gasteiger partial charge is 0.309 e. The van der Waals surface area contributed by atoms with E-state index in [0.29, 0.717) is 0 Å². The van der Waals surface area contributed by atoms with Crippen LogP contribution in [0.2, 0.25) is 0 Å². The normalized spacial score (nSPS) is 15.7. The fourth-order valence-corrected chi connectivity index (χ4v) is 10.3. The summed E-state index contributed by atoms with van der Waals surface area (Å²) in [6.45, 7) is 0. The minimum Gasteiger partial charge on any atom is -0.309 e. The lowest BCUT2D eigenvalue weighted by molar-refractivity contribution is 0.649. The Hall–Kier alpha value is -7.74. The van der Waals surface area contributed by atoms with Gasteiger partial charge < -0.3 is 4.57 Å². The maximum atomic E-state index is 2.44. The molecular weight excluding hydrogens is 735 g/mol. The lowest BCUT2D eigenvalue weighted by Gasteiger charge is -2.37. The van der Waals surface area contributed by atoms with E-state index < -0.39 is 0 Å². The molecule has 1 nitrogen and oxygen atoms in total. The molecule has 1 heterocycles. The van der Waals surface area contributed by atoms with Crippen LogP contribution in [0.5, 0.6) is 0 Å². The van der Waals surface area contributed by atoms with Crippen molar-refractivity contribution < 1.29 is 0 Å². The van der Waals surface area contributed by atoms with Gasteiger partial charge in [0.15, 0.2) is 0 Å². The van der Waals surface area contributed by atoms with Gasteiger partial charge in [-0.2, -0.15) is 0 Å². The number of hydrogen-bond donors (Lipinski definition) is 0. The monoisotopic (exact) mass is 775 g/mol. The molecule has 61 heavy (non-hydrogen) atoms. The smallest absolute Gasteiger partial charge is 0.0541 e. The summed E-state index contributed by atoms with van der Waals surface area (Å²) in [6, 6.07) is 78.3. The molecule has 286 valence electrons. The summed E-state index contributed by atoms with van der Waals surface area (Å²) in [5.41, 5.74) is 19.0. The lowest BCUT2D eigenvalue weighted by Crippen LogP contribution is -2.22. The minimum absolute atomic E-state index is 0.160. The second-order valence-corrected chi connectivity index (χ2v) is 16.4. The molecule has 0 fully saturated rings. The summed E-state index contributed by atoms with van der Waals surface area (Å²) < 4.78 is 2.39.